The van der Waals surface area contributed by atoms with E-state index in [0.29, 0.717) is 18.0 Å². The van der Waals surface area contributed by atoms with Crippen molar-refractivity contribution >= 4 is 21.4 Å². The molecule has 146 valence electrons. The van der Waals surface area contributed by atoms with Gasteiger partial charge in [-0.1, -0.05) is 24.3 Å². The fourth-order valence-electron chi connectivity index (χ4n) is 2.89. The lowest BCUT2D eigenvalue weighted by atomic mass is 10.1. The highest BCUT2D eigenvalue weighted by Crippen LogP contribution is 2.24. The Bertz CT molecular complexity index is 1060. The van der Waals surface area contributed by atoms with Crippen molar-refractivity contribution in [1.29, 1.82) is 0 Å². The summed E-state index contributed by atoms with van der Waals surface area (Å²) in [5.74, 6) is 0.656. The first-order valence-electron chi connectivity index (χ1n) is 8.95. The van der Waals surface area contributed by atoms with Gasteiger partial charge in [-0.25, -0.2) is 8.42 Å². The molecule has 0 radical (unpaired) electrons. The summed E-state index contributed by atoms with van der Waals surface area (Å²) in [5, 5.41) is 3.35. The van der Waals surface area contributed by atoms with Crippen molar-refractivity contribution in [2.24, 2.45) is 0 Å². The second kappa shape index (κ2) is 8.35. The van der Waals surface area contributed by atoms with Crippen LogP contribution in [0.15, 0.2) is 71.6 Å². The van der Waals surface area contributed by atoms with Gasteiger partial charge in [0.15, 0.2) is 0 Å². The molecule has 3 rings (SSSR count). The number of nitrogens with one attached hydrogen (secondary N) is 2. The summed E-state index contributed by atoms with van der Waals surface area (Å²) in [6.07, 6.45) is 0. The van der Waals surface area contributed by atoms with Crippen molar-refractivity contribution in [1.82, 2.24) is 0 Å². The highest BCUT2D eigenvalue weighted by Gasteiger charge is 2.15. The average molecular weight is 397 g/mol. The fourth-order valence-corrected chi connectivity index (χ4v) is 4.04. The van der Waals surface area contributed by atoms with Gasteiger partial charge in [-0.3, -0.25) is 4.72 Å². The Kier molecular flexibility index (Phi) is 5.90. The predicted octanol–water partition coefficient (Wildman–Crippen LogP) is 4.72. The van der Waals surface area contributed by atoms with E-state index in [2.05, 4.69) is 29.1 Å². The first-order chi connectivity index (χ1) is 13.4. The van der Waals surface area contributed by atoms with Crippen molar-refractivity contribution in [3.05, 3.63) is 83.4 Å². The van der Waals surface area contributed by atoms with E-state index in [0.717, 1.165) is 11.3 Å². The van der Waals surface area contributed by atoms with Crippen molar-refractivity contribution in [2.45, 2.75) is 25.3 Å². The summed E-state index contributed by atoms with van der Waals surface area (Å²) in [6, 6.07) is 20.2. The van der Waals surface area contributed by atoms with E-state index in [1.54, 1.807) is 31.4 Å². The SMILES string of the molecule is COc1ccc(S(=O)(=O)Nc2ccc(NCc3ccccc3C)cc2)cc1C. The third-order valence-electron chi connectivity index (χ3n) is 4.56. The van der Waals surface area contributed by atoms with E-state index >= 15 is 0 Å². The predicted molar refractivity (Wildman–Crippen MR) is 113 cm³/mol. The summed E-state index contributed by atoms with van der Waals surface area (Å²) in [4.78, 5) is 0.201. The largest absolute Gasteiger partial charge is 0.496 e. The van der Waals surface area contributed by atoms with Gasteiger partial charge in [0.2, 0.25) is 0 Å². The van der Waals surface area contributed by atoms with Crippen LogP contribution in [0.3, 0.4) is 0 Å². The Morgan fingerprint density at radius 1 is 0.857 bits per heavy atom. The van der Waals surface area contributed by atoms with Crippen molar-refractivity contribution in [3.63, 3.8) is 0 Å². The number of methoxy groups -OCH3 is 1. The van der Waals surface area contributed by atoms with Crippen molar-refractivity contribution in [3.8, 4) is 5.75 Å². The van der Waals surface area contributed by atoms with Gasteiger partial charge in [0.1, 0.15) is 5.75 Å². The quantitative estimate of drug-likeness (QED) is 0.606. The maximum Gasteiger partial charge on any atom is 0.261 e. The summed E-state index contributed by atoms with van der Waals surface area (Å²) in [6.45, 7) is 4.60. The molecule has 0 saturated carbocycles. The summed E-state index contributed by atoms with van der Waals surface area (Å²) >= 11 is 0. The molecule has 0 atom stereocenters. The molecule has 0 fully saturated rings. The molecule has 0 bridgehead atoms. The number of anilines is 2. The van der Waals surface area contributed by atoms with E-state index in [-0.39, 0.29) is 4.90 Å². The van der Waals surface area contributed by atoms with Gasteiger partial charge in [0.05, 0.1) is 12.0 Å². The minimum Gasteiger partial charge on any atom is -0.496 e. The van der Waals surface area contributed by atoms with Crippen LogP contribution in [0.1, 0.15) is 16.7 Å². The zero-order chi connectivity index (χ0) is 20.1. The Morgan fingerprint density at radius 3 is 2.18 bits per heavy atom. The third-order valence-corrected chi connectivity index (χ3v) is 5.94. The highest BCUT2D eigenvalue weighted by molar-refractivity contribution is 7.92. The molecule has 0 aliphatic rings. The molecule has 3 aromatic carbocycles. The highest BCUT2D eigenvalue weighted by atomic mass is 32.2. The molecule has 0 heterocycles. The van der Waals surface area contributed by atoms with Crippen LogP contribution in [0, 0.1) is 13.8 Å². The normalized spacial score (nSPS) is 11.1. The first kappa shape index (κ1) is 19.8. The number of sulfonamides is 1. The Balaban J connectivity index is 1.68. The number of rotatable bonds is 7. The van der Waals surface area contributed by atoms with Gasteiger partial charge in [0.25, 0.3) is 10.0 Å². The number of aryl methyl sites for hydroxylation is 2. The topological polar surface area (TPSA) is 67.4 Å². The molecule has 0 saturated heterocycles. The van der Waals surface area contributed by atoms with Gasteiger partial charge in [-0.05, 0) is 73.0 Å². The number of benzene rings is 3. The van der Waals surface area contributed by atoms with Gasteiger partial charge in [-0.15, -0.1) is 0 Å². The Hall–Kier alpha value is -2.99. The smallest absolute Gasteiger partial charge is 0.261 e. The minimum absolute atomic E-state index is 0.201. The van der Waals surface area contributed by atoms with Crippen LogP contribution in [0.5, 0.6) is 5.75 Å². The Morgan fingerprint density at radius 2 is 1.54 bits per heavy atom. The molecule has 0 amide bonds. The summed E-state index contributed by atoms with van der Waals surface area (Å²) in [7, 11) is -2.10. The average Bonchev–Trinajstić information content (AvgIpc) is 2.68. The van der Waals surface area contributed by atoms with Crippen molar-refractivity contribution < 1.29 is 13.2 Å². The zero-order valence-electron chi connectivity index (χ0n) is 16.2. The number of hydrogen-bond donors (Lipinski definition) is 2. The van der Waals surface area contributed by atoms with Gasteiger partial charge in [0, 0.05) is 17.9 Å². The monoisotopic (exact) mass is 396 g/mol. The lowest BCUT2D eigenvalue weighted by molar-refractivity contribution is 0.411. The number of ether oxygens (including phenoxy) is 1. The van der Waals surface area contributed by atoms with E-state index in [4.69, 9.17) is 4.74 Å². The Labute approximate surface area is 166 Å². The molecule has 0 unspecified atom stereocenters. The van der Waals surface area contributed by atoms with Gasteiger partial charge < -0.3 is 10.1 Å². The zero-order valence-corrected chi connectivity index (χ0v) is 17.0. The molecule has 0 aliphatic carbocycles. The second-order valence-electron chi connectivity index (χ2n) is 6.59. The van der Waals surface area contributed by atoms with Gasteiger partial charge in [-0.2, -0.15) is 0 Å². The van der Waals surface area contributed by atoms with Crippen LogP contribution in [0.25, 0.3) is 0 Å². The molecule has 0 aliphatic heterocycles. The maximum absolute atomic E-state index is 12.6. The molecule has 5 nitrogen and oxygen atoms in total. The summed E-state index contributed by atoms with van der Waals surface area (Å²) < 4.78 is 33.0. The van der Waals surface area contributed by atoms with Crippen LogP contribution >= 0.6 is 0 Å². The molecule has 2 N–H and O–H groups in total. The first-order valence-corrected chi connectivity index (χ1v) is 10.4. The van der Waals surface area contributed by atoms with Crippen LogP contribution in [0.2, 0.25) is 0 Å². The molecule has 0 aromatic heterocycles. The molecular weight excluding hydrogens is 372 g/mol. The molecule has 6 heteroatoms. The lowest BCUT2D eigenvalue weighted by Gasteiger charge is -2.12. The van der Waals surface area contributed by atoms with E-state index in [1.165, 1.54) is 17.2 Å². The molecular formula is C22H24N2O3S. The fraction of sp³-hybridized carbons (Fsp3) is 0.182. The van der Waals surface area contributed by atoms with E-state index in [9.17, 15) is 8.42 Å². The molecule has 3 aromatic rings. The van der Waals surface area contributed by atoms with E-state index in [1.807, 2.05) is 31.2 Å². The van der Waals surface area contributed by atoms with Crippen LogP contribution in [0.4, 0.5) is 11.4 Å². The molecule has 0 spiro atoms. The standard InChI is InChI=1S/C22H24N2O3S/c1-16-6-4-5-7-18(16)15-23-19-8-10-20(11-9-19)24-28(25,26)21-12-13-22(27-3)17(2)14-21/h4-14,23-24H,15H2,1-3H3. The molecule has 28 heavy (non-hydrogen) atoms. The van der Waals surface area contributed by atoms with Crippen LogP contribution < -0.4 is 14.8 Å². The van der Waals surface area contributed by atoms with Gasteiger partial charge >= 0.3 is 0 Å². The second-order valence-corrected chi connectivity index (χ2v) is 8.28. The minimum atomic E-state index is -3.66. The lowest BCUT2D eigenvalue weighted by Crippen LogP contribution is -2.13. The van der Waals surface area contributed by atoms with Crippen LogP contribution in [-0.4, -0.2) is 15.5 Å². The summed E-state index contributed by atoms with van der Waals surface area (Å²) in [5.41, 5.74) is 4.65. The van der Waals surface area contributed by atoms with Crippen LogP contribution in [-0.2, 0) is 16.6 Å². The third kappa shape index (κ3) is 4.64. The maximum atomic E-state index is 12.6. The number of hydrogen-bond acceptors (Lipinski definition) is 4. The van der Waals surface area contributed by atoms with Crippen molar-refractivity contribution in [2.75, 3.05) is 17.1 Å². The van der Waals surface area contributed by atoms with E-state index < -0.39 is 10.0 Å².